The Bertz CT molecular complexity index is 403. The Morgan fingerprint density at radius 3 is 2.27 bits per heavy atom. The van der Waals surface area contributed by atoms with Gasteiger partial charge in [-0.3, -0.25) is 4.55 Å². The lowest BCUT2D eigenvalue weighted by atomic mass is 10.2. The van der Waals surface area contributed by atoms with Gasteiger partial charge in [0.2, 0.25) is 5.44 Å². The maximum atomic E-state index is 11.0. The molecule has 0 radical (unpaired) electrons. The third-order valence-electron chi connectivity index (χ3n) is 1.44. The first-order valence-electron chi connectivity index (χ1n) is 3.96. The molecule has 1 unspecified atom stereocenters. The minimum Gasteiger partial charge on any atom is -0.439 e. The van der Waals surface area contributed by atoms with Crippen molar-refractivity contribution in [3.05, 3.63) is 12.2 Å². The number of hydrogen-bond donors (Lipinski definition) is 1. The van der Waals surface area contributed by atoms with Crippen molar-refractivity contribution in [2.24, 2.45) is 5.92 Å². The number of ether oxygens (including phenoxy) is 1. The van der Waals surface area contributed by atoms with E-state index in [2.05, 4.69) is 11.3 Å². The largest absolute Gasteiger partial charge is 0.439 e. The maximum Gasteiger partial charge on any atom is 0.349 e. The zero-order valence-corrected chi connectivity index (χ0v) is 9.11. The maximum absolute atomic E-state index is 11.0. The van der Waals surface area contributed by atoms with Gasteiger partial charge in [0.15, 0.2) is 0 Å². The van der Waals surface area contributed by atoms with E-state index in [1.165, 1.54) is 19.9 Å². The smallest absolute Gasteiger partial charge is 0.349 e. The standard InChI is InChI=1S/C8H11NO5S/c1-5(2)8(15(11,12)13)14-7(10)6(3)4-9/h5,8H,3H2,1-2H3,(H,11,12,13). The van der Waals surface area contributed by atoms with Crippen LogP contribution in [-0.2, 0) is 19.6 Å². The van der Waals surface area contributed by atoms with Crippen LogP contribution in [-0.4, -0.2) is 24.4 Å². The molecule has 0 aliphatic carbocycles. The third-order valence-corrected chi connectivity index (χ3v) is 2.67. The minimum absolute atomic E-state index is 0.524. The highest BCUT2D eigenvalue weighted by Gasteiger charge is 2.31. The Balaban J connectivity index is 4.83. The molecule has 0 aromatic carbocycles. The Morgan fingerprint density at radius 2 is 2.00 bits per heavy atom. The molecule has 1 N–H and O–H groups in total. The molecule has 0 saturated carbocycles. The van der Waals surface area contributed by atoms with Crippen LogP contribution in [0.2, 0.25) is 0 Å². The summed E-state index contributed by atoms with van der Waals surface area (Å²) in [4.78, 5) is 11.0. The molecule has 0 fully saturated rings. The van der Waals surface area contributed by atoms with Gasteiger partial charge in [0.25, 0.3) is 0 Å². The normalized spacial score (nSPS) is 13.0. The first-order valence-corrected chi connectivity index (χ1v) is 5.46. The molecule has 7 heteroatoms. The quantitative estimate of drug-likeness (QED) is 0.328. The molecule has 0 saturated heterocycles. The topological polar surface area (TPSA) is 104 Å². The van der Waals surface area contributed by atoms with Crippen molar-refractivity contribution < 1.29 is 22.5 Å². The number of hydrogen-bond acceptors (Lipinski definition) is 5. The van der Waals surface area contributed by atoms with Crippen LogP contribution >= 0.6 is 0 Å². The van der Waals surface area contributed by atoms with Gasteiger partial charge in [0.05, 0.1) is 0 Å². The lowest BCUT2D eigenvalue weighted by Crippen LogP contribution is -2.32. The summed E-state index contributed by atoms with van der Waals surface area (Å²) >= 11 is 0. The van der Waals surface area contributed by atoms with Crippen LogP contribution in [0.1, 0.15) is 13.8 Å². The molecule has 0 aromatic rings. The molecule has 0 aliphatic heterocycles. The zero-order chi connectivity index (χ0) is 12.2. The van der Waals surface area contributed by atoms with E-state index in [0.29, 0.717) is 0 Å². The molecule has 0 bridgehead atoms. The van der Waals surface area contributed by atoms with Crippen molar-refractivity contribution in [2.75, 3.05) is 0 Å². The van der Waals surface area contributed by atoms with Crippen molar-refractivity contribution >= 4 is 16.1 Å². The molecular formula is C8H11NO5S. The van der Waals surface area contributed by atoms with Gasteiger partial charge < -0.3 is 4.74 Å². The Kier molecular flexibility index (Phi) is 4.45. The van der Waals surface area contributed by atoms with Crippen molar-refractivity contribution in [1.82, 2.24) is 0 Å². The Morgan fingerprint density at radius 1 is 1.53 bits per heavy atom. The molecule has 84 valence electrons. The van der Waals surface area contributed by atoms with E-state index in [0.717, 1.165) is 0 Å². The van der Waals surface area contributed by atoms with Crippen LogP contribution in [0.3, 0.4) is 0 Å². The summed E-state index contributed by atoms with van der Waals surface area (Å²) in [6.45, 7) is 5.95. The summed E-state index contributed by atoms with van der Waals surface area (Å²) in [7, 11) is -4.49. The predicted octanol–water partition coefficient (Wildman–Crippen LogP) is 0.479. The van der Waals surface area contributed by atoms with Crippen LogP contribution < -0.4 is 0 Å². The van der Waals surface area contributed by atoms with Crippen LogP contribution in [0.4, 0.5) is 0 Å². The van der Waals surface area contributed by atoms with Crippen LogP contribution in [0.25, 0.3) is 0 Å². The second-order valence-electron chi connectivity index (χ2n) is 3.12. The molecule has 1 atom stereocenters. The number of nitrogens with zero attached hydrogens (tertiary/aromatic N) is 1. The molecule has 0 heterocycles. The summed E-state index contributed by atoms with van der Waals surface area (Å²) < 4.78 is 34.7. The predicted molar refractivity (Wildman–Crippen MR) is 51.0 cm³/mol. The summed E-state index contributed by atoms with van der Waals surface area (Å²) in [6.07, 6.45) is 0. The number of nitriles is 1. The molecule has 0 aliphatic rings. The fourth-order valence-electron chi connectivity index (χ4n) is 0.763. The van der Waals surface area contributed by atoms with Gasteiger partial charge in [-0.15, -0.1) is 0 Å². The van der Waals surface area contributed by atoms with E-state index in [9.17, 15) is 13.2 Å². The summed E-state index contributed by atoms with van der Waals surface area (Å²) in [5.74, 6) is -1.79. The van der Waals surface area contributed by atoms with Crippen LogP contribution in [0, 0.1) is 17.2 Å². The molecule has 0 rings (SSSR count). The molecule has 0 aromatic heterocycles. The average molecular weight is 233 g/mol. The van der Waals surface area contributed by atoms with Gasteiger partial charge >= 0.3 is 16.1 Å². The third kappa shape index (κ3) is 4.10. The van der Waals surface area contributed by atoms with E-state index in [4.69, 9.17) is 9.81 Å². The first-order chi connectivity index (χ1) is 6.70. The number of carbonyl (C=O) groups is 1. The highest BCUT2D eigenvalue weighted by atomic mass is 32.2. The Labute approximate surface area is 87.9 Å². The lowest BCUT2D eigenvalue weighted by molar-refractivity contribution is -0.142. The summed E-state index contributed by atoms with van der Waals surface area (Å²) in [6, 6.07) is 1.41. The first kappa shape index (κ1) is 13.6. The van der Waals surface area contributed by atoms with Gasteiger partial charge in [-0.05, 0) is 0 Å². The Hall–Kier alpha value is -1.39. The minimum atomic E-state index is -4.49. The number of carbonyl (C=O) groups excluding carboxylic acids is 1. The summed E-state index contributed by atoms with van der Waals surface area (Å²) in [5, 5.41) is 8.30. The fourth-order valence-corrected chi connectivity index (χ4v) is 1.66. The molecule has 0 spiro atoms. The number of esters is 1. The highest BCUT2D eigenvalue weighted by molar-refractivity contribution is 7.86. The van der Waals surface area contributed by atoms with E-state index in [-0.39, 0.29) is 0 Å². The monoisotopic (exact) mass is 233 g/mol. The second-order valence-corrected chi connectivity index (χ2v) is 4.62. The van der Waals surface area contributed by atoms with Crippen LogP contribution in [0.5, 0.6) is 0 Å². The van der Waals surface area contributed by atoms with E-state index in [1.54, 1.807) is 0 Å². The van der Waals surface area contributed by atoms with Crippen molar-refractivity contribution in [3.8, 4) is 6.07 Å². The van der Waals surface area contributed by atoms with E-state index in [1.807, 2.05) is 0 Å². The molecule has 0 amide bonds. The fraction of sp³-hybridized carbons (Fsp3) is 0.500. The van der Waals surface area contributed by atoms with Crippen molar-refractivity contribution in [2.45, 2.75) is 19.3 Å². The van der Waals surface area contributed by atoms with Gasteiger partial charge in [-0.25, -0.2) is 4.79 Å². The average Bonchev–Trinajstić information content (AvgIpc) is 2.09. The van der Waals surface area contributed by atoms with Crippen molar-refractivity contribution in [3.63, 3.8) is 0 Å². The van der Waals surface area contributed by atoms with Gasteiger partial charge in [0, 0.05) is 5.92 Å². The molecule has 6 nitrogen and oxygen atoms in total. The van der Waals surface area contributed by atoms with Gasteiger partial charge in [-0.1, -0.05) is 20.4 Å². The summed E-state index contributed by atoms with van der Waals surface area (Å²) in [5.41, 5.74) is -2.21. The lowest BCUT2D eigenvalue weighted by Gasteiger charge is -2.17. The van der Waals surface area contributed by atoms with Crippen molar-refractivity contribution in [1.29, 1.82) is 5.26 Å². The molecule has 15 heavy (non-hydrogen) atoms. The SMILES string of the molecule is C=C(C#N)C(=O)OC(C(C)C)S(=O)(=O)O. The van der Waals surface area contributed by atoms with Crippen LogP contribution in [0.15, 0.2) is 12.2 Å². The molecular weight excluding hydrogens is 222 g/mol. The zero-order valence-electron chi connectivity index (χ0n) is 8.30. The van der Waals surface area contributed by atoms with Gasteiger partial charge in [0.1, 0.15) is 11.6 Å². The van der Waals surface area contributed by atoms with E-state index < -0.39 is 33.0 Å². The number of rotatable bonds is 4. The highest BCUT2D eigenvalue weighted by Crippen LogP contribution is 2.14. The van der Waals surface area contributed by atoms with E-state index >= 15 is 0 Å². The second kappa shape index (κ2) is 4.91. The van der Waals surface area contributed by atoms with Gasteiger partial charge in [-0.2, -0.15) is 13.7 Å².